The van der Waals surface area contributed by atoms with Gasteiger partial charge in [-0.25, -0.2) is 8.42 Å². The van der Waals surface area contributed by atoms with Crippen LogP contribution in [0, 0.1) is 6.92 Å². The van der Waals surface area contributed by atoms with Crippen LogP contribution < -0.4 is 15.0 Å². The number of rotatable bonds is 8. The Balaban J connectivity index is 1.43. The van der Waals surface area contributed by atoms with Crippen molar-refractivity contribution >= 4 is 21.6 Å². The number of alkyl halides is 3. The molecule has 7 nitrogen and oxygen atoms in total. The van der Waals surface area contributed by atoms with Gasteiger partial charge >= 0.3 is 6.18 Å². The molecule has 2 aromatic carbocycles. The average Bonchev–Trinajstić information content (AvgIpc) is 2.78. The van der Waals surface area contributed by atoms with Crippen molar-refractivity contribution in [1.29, 1.82) is 0 Å². The second kappa shape index (κ2) is 10.4. The number of amides is 1. The zero-order chi connectivity index (χ0) is 24.1. The summed E-state index contributed by atoms with van der Waals surface area (Å²) in [5.74, 6) is -0.158. The number of carbonyl (C=O) groups is 1. The minimum Gasteiger partial charge on any atom is -0.484 e. The molecule has 1 aliphatic rings. The monoisotopic (exact) mass is 485 g/mol. The Kier molecular flexibility index (Phi) is 7.85. The number of sulfonamides is 1. The van der Waals surface area contributed by atoms with Crippen LogP contribution in [0.15, 0.2) is 48.5 Å². The van der Waals surface area contributed by atoms with Gasteiger partial charge in [0.25, 0.3) is 5.91 Å². The van der Waals surface area contributed by atoms with Gasteiger partial charge in [0, 0.05) is 38.4 Å². The highest BCUT2D eigenvalue weighted by Crippen LogP contribution is 2.32. The first-order valence-corrected chi connectivity index (χ1v) is 12.0. The summed E-state index contributed by atoms with van der Waals surface area (Å²) in [7, 11) is -3.62. The van der Waals surface area contributed by atoms with Gasteiger partial charge < -0.3 is 15.0 Å². The lowest BCUT2D eigenvalue weighted by Gasteiger charge is -2.35. The van der Waals surface area contributed by atoms with Crippen molar-refractivity contribution in [2.24, 2.45) is 0 Å². The maximum Gasteiger partial charge on any atom is 0.416 e. The van der Waals surface area contributed by atoms with Crippen LogP contribution >= 0.6 is 0 Å². The Morgan fingerprint density at radius 1 is 1.06 bits per heavy atom. The molecule has 0 spiro atoms. The van der Waals surface area contributed by atoms with Crippen molar-refractivity contribution in [2.45, 2.75) is 13.1 Å². The molecule has 0 unspecified atom stereocenters. The molecule has 0 aliphatic carbocycles. The predicted octanol–water partition coefficient (Wildman–Crippen LogP) is 2.66. The third-order valence-electron chi connectivity index (χ3n) is 5.24. The zero-order valence-corrected chi connectivity index (χ0v) is 19.0. The van der Waals surface area contributed by atoms with Gasteiger partial charge in [-0.2, -0.15) is 17.5 Å². The van der Waals surface area contributed by atoms with E-state index >= 15 is 0 Å². The minimum atomic E-state index is -4.43. The van der Waals surface area contributed by atoms with Gasteiger partial charge in [0.15, 0.2) is 6.61 Å². The van der Waals surface area contributed by atoms with Crippen molar-refractivity contribution < 1.29 is 31.1 Å². The summed E-state index contributed by atoms with van der Waals surface area (Å²) in [4.78, 5) is 13.6. The number of benzene rings is 2. The van der Waals surface area contributed by atoms with Crippen molar-refractivity contribution in [1.82, 2.24) is 9.62 Å². The summed E-state index contributed by atoms with van der Waals surface area (Å²) < 4.78 is 70.6. The number of nitrogens with zero attached hydrogens (tertiary/aromatic N) is 2. The quantitative estimate of drug-likeness (QED) is 0.622. The summed E-state index contributed by atoms with van der Waals surface area (Å²) in [5.41, 5.74) is 0.729. The summed E-state index contributed by atoms with van der Waals surface area (Å²) in [6.45, 7) is 2.51. The number of aryl methyl sites for hydroxylation is 1. The van der Waals surface area contributed by atoms with E-state index in [2.05, 4.69) is 5.32 Å². The highest BCUT2D eigenvalue weighted by molar-refractivity contribution is 7.89. The summed E-state index contributed by atoms with van der Waals surface area (Å²) in [5, 5.41) is 2.53. The first-order chi connectivity index (χ1) is 15.5. The Morgan fingerprint density at radius 3 is 2.36 bits per heavy atom. The molecule has 1 aliphatic heterocycles. The van der Waals surface area contributed by atoms with E-state index in [-0.39, 0.29) is 45.1 Å². The minimum absolute atomic E-state index is 0.0632. The third kappa shape index (κ3) is 7.10. The lowest BCUT2D eigenvalue weighted by Crippen LogP contribution is -2.50. The van der Waals surface area contributed by atoms with Crippen LogP contribution in [0.2, 0.25) is 0 Å². The number of hydrogen-bond donors (Lipinski definition) is 1. The smallest absolute Gasteiger partial charge is 0.416 e. The lowest BCUT2D eigenvalue weighted by atomic mass is 10.1. The number of hydrogen-bond acceptors (Lipinski definition) is 5. The highest BCUT2D eigenvalue weighted by Gasteiger charge is 2.32. The van der Waals surface area contributed by atoms with E-state index in [4.69, 9.17) is 4.74 Å². The molecule has 2 aromatic rings. The van der Waals surface area contributed by atoms with Crippen molar-refractivity contribution in [3.63, 3.8) is 0 Å². The first-order valence-electron chi connectivity index (χ1n) is 10.4. The van der Waals surface area contributed by atoms with E-state index in [1.165, 1.54) is 10.4 Å². The first kappa shape index (κ1) is 24.8. The van der Waals surface area contributed by atoms with Crippen molar-refractivity contribution in [3.05, 3.63) is 59.7 Å². The number of nitrogens with one attached hydrogen (secondary N) is 1. The molecule has 33 heavy (non-hydrogen) atoms. The fraction of sp³-hybridized carbons (Fsp3) is 0.409. The maximum absolute atomic E-state index is 12.9. The standard InChI is InChI=1S/C22H26F3N3O4S/c1-17-5-7-20(8-6-17)32-16-21(29)26-9-14-33(30,31)28-12-10-27(11-13-28)19-4-2-3-18(15-19)22(23,24)25/h2-8,15H,9-14,16H2,1H3,(H,26,29). The summed E-state index contributed by atoms with van der Waals surface area (Å²) in [6, 6.07) is 12.2. The van der Waals surface area contributed by atoms with Crippen LogP contribution in [0.25, 0.3) is 0 Å². The average molecular weight is 486 g/mol. The summed E-state index contributed by atoms with van der Waals surface area (Å²) in [6.07, 6.45) is -4.43. The molecule has 1 amide bonds. The van der Waals surface area contributed by atoms with E-state index in [1.807, 2.05) is 19.1 Å². The molecule has 1 heterocycles. The van der Waals surface area contributed by atoms with E-state index in [9.17, 15) is 26.4 Å². The molecule has 3 rings (SSSR count). The zero-order valence-electron chi connectivity index (χ0n) is 18.1. The molecule has 11 heteroatoms. The Morgan fingerprint density at radius 2 is 1.73 bits per heavy atom. The van der Waals surface area contributed by atoms with Gasteiger partial charge in [-0.15, -0.1) is 0 Å². The second-order valence-corrected chi connectivity index (χ2v) is 9.79. The van der Waals surface area contributed by atoms with Gasteiger partial charge in [0.05, 0.1) is 11.3 Å². The normalized spacial score (nSPS) is 15.3. The van der Waals surface area contributed by atoms with Gasteiger partial charge in [-0.1, -0.05) is 23.8 Å². The van der Waals surface area contributed by atoms with Crippen LogP contribution in [0.1, 0.15) is 11.1 Å². The highest BCUT2D eigenvalue weighted by atomic mass is 32.2. The van der Waals surface area contributed by atoms with Gasteiger partial charge in [0.2, 0.25) is 10.0 Å². The van der Waals surface area contributed by atoms with Crippen LogP contribution in [0.5, 0.6) is 5.75 Å². The number of piperazine rings is 1. The number of halogens is 3. The molecule has 1 fully saturated rings. The fourth-order valence-electron chi connectivity index (χ4n) is 3.39. The predicted molar refractivity (Wildman–Crippen MR) is 119 cm³/mol. The van der Waals surface area contributed by atoms with Gasteiger partial charge in [-0.05, 0) is 37.3 Å². The van der Waals surface area contributed by atoms with Crippen LogP contribution in [-0.2, 0) is 21.0 Å². The summed E-state index contributed by atoms with van der Waals surface area (Å²) >= 11 is 0. The van der Waals surface area contributed by atoms with Crippen molar-refractivity contribution in [2.75, 3.05) is 50.0 Å². The fourth-order valence-corrected chi connectivity index (χ4v) is 4.72. The molecule has 1 N–H and O–H groups in total. The molecule has 0 radical (unpaired) electrons. The molecule has 0 saturated carbocycles. The van der Waals surface area contributed by atoms with Crippen LogP contribution in [0.4, 0.5) is 18.9 Å². The number of ether oxygens (including phenoxy) is 1. The van der Waals surface area contributed by atoms with Crippen LogP contribution in [-0.4, -0.2) is 63.7 Å². The van der Waals surface area contributed by atoms with E-state index in [1.54, 1.807) is 23.1 Å². The Bertz CT molecular complexity index is 1050. The van der Waals surface area contributed by atoms with Crippen molar-refractivity contribution in [3.8, 4) is 5.75 Å². The Labute approximate surface area is 191 Å². The van der Waals surface area contributed by atoms with Gasteiger partial charge in [0.1, 0.15) is 5.75 Å². The largest absolute Gasteiger partial charge is 0.484 e. The SMILES string of the molecule is Cc1ccc(OCC(=O)NCCS(=O)(=O)N2CCN(c3cccc(C(F)(F)F)c3)CC2)cc1. The molecule has 0 aromatic heterocycles. The van der Waals surface area contributed by atoms with Gasteiger partial charge in [-0.3, -0.25) is 4.79 Å². The molecular weight excluding hydrogens is 459 g/mol. The molecule has 180 valence electrons. The van der Waals surface area contributed by atoms with E-state index in [0.29, 0.717) is 11.4 Å². The Hall–Kier alpha value is -2.79. The molecular formula is C22H26F3N3O4S. The number of carbonyl (C=O) groups excluding carboxylic acids is 1. The number of anilines is 1. The maximum atomic E-state index is 12.9. The third-order valence-corrected chi connectivity index (χ3v) is 7.12. The molecule has 0 atom stereocenters. The van der Waals surface area contributed by atoms with Crippen LogP contribution in [0.3, 0.4) is 0 Å². The molecule has 0 bridgehead atoms. The van der Waals surface area contributed by atoms with E-state index in [0.717, 1.165) is 17.7 Å². The second-order valence-electron chi connectivity index (χ2n) is 7.70. The topological polar surface area (TPSA) is 78.9 Å². The molecule has 1 saturated heterocycles. The van der Waals surface area contributed by atoms with E-state index < -0.39 is 27.7 Å². The lowest BCUT2D eigenvalue weighted by molar-refractivity contribution is -0.137.